The second kappa shape index (κ2) is 4.88. The van der Waals surface area contributed by atoms with Gasteiger partial charge in [-0.1, -0.05) is 11.4 Å². The van der Waals surface area contributed by atoms with Crippen LogP contribution < -0.4 is 0 Å². The quantitative estimate of drug-likeness (QED) is 0.774. The third kappa shape index (κ3) is 2.22. The van der Waals surface area contributed by atoms with Crippen molar-refractivity contribution in [2.75, 3.05) is 19.7 Å². The first-order valence-corrected chi connectivity index (χ1v) is 6.21. The molecule has 1 atom stereocenters. The normalized spacial score (nSPS) is 21.1. The van der Waals surface area contributed by atoms with Crippen LogP contribution in [0.25, 0.3) is 0 Å². The van der Waals surface area contributed by atoms with Crippen LogP contribution in [0.1, 0.15) is 29.2 Å². The lowest BCUT2D eigenvalue weighted by molar-refractivity contribution is -0.0122. The van der Waals surface area contributed by atoms with Crippen molar-refractivity contribution in [3.63, 3.8) is 0 Å². The molecule has 1 aliphatic heterocycles. The Morgan fingerprint density at radius 2 is 2.50 bits per heavy atom. The maximum Gasteiger partial charge on any atom is 0.267 e. The zero-order valence-corrected chi connectivity index (χ0v) is 10.3. The van der Waals surface area contributed by atoms with Crippen LogP contribution in [0.2, 0.25) is 0 Å². The van der Waals surface area contributed by atoms with Crippen molar-refractivity contribution in [3.05, 3.63) is 10.6 Å². The molecule has 5 nitrogen and oxygen atoms in total. The lowest BCUT2D eigenvalue weighted by Crippen LogP contribution is -2.44. The number of carbonyl (C=O) groups excluding carboxylic acids is 1. The van der Waals surface area contributed by atoms with E-state index in [-0.39, 0.29) is 12.0 Å². The standard InChI is InChI=1S/C10H15N3O2S/c1-3-8-9(16-12-11-8)10(14)13-4-5-15-7(2)6-13/h7H,3-6H2,1-2H3. The number of ether oxygens (including phenoxy) is 1. The number of aromatic nitrogens is 2. The zero-order valence-electron chi connectivity index (χ0n) is 9.47. The lowest BCUT2D eigenvalue weighted by Gasteiger charge is -2.30. The van der Waals surface area contributed by atoms with Gasteiger partial charge in [0, 0.05) is 13.1 Å². The molecule has 16 heavy (non-hydrogen) atoms. The highest BCUT2D eigenvalue weighted by Crippen LogP contribution is 2.16. The number of nitrogens with zero attached hydrogens (tertiary/aromatic N) is 3. The molecule has 0 aliphatic carbocycles. The van der Waals surface area contributed by atoms with Gasteiger partial charge in [-0.2, -0.15) is 0 Å². The summed E-state index contributed by atoms with van der Waals surface area (Å²) in [5.41, 5.74) is 0.800. The molecule has 0 saturated carbocycles. The maximum atomic E-state index is 12.2. The minimum atomic E-state index is 0.0435. The molecule has 0 bridgehead atoms. The molecule has 1 aromatic heterocycles. The van der Waals surface area contributed by atoms with Crippen molar-refractivity contribution in [1.82, 2.24) is 14.5 Å². The Bertz CT molecular complexity index is 380. The molecule has 1 fully saturated rings. The van der Waals surface area contributed by atoms with Crippen LogP contribution in [-0.2, 0) is 11.2 Å². The number of amides is 1. The lowest BCUT2D eigenvalue weighted by atomic mass is 10.2. The summed E-state index contributed by atoms with van der Waals surface area (Å²) in [6.45, 7) is 5.88. The van der Waals surface area contributed by atoms with Gasteiger partial charge in [-0.15, -0.1) is 5.10 Å². The third-order valence-electron chi connectivity index (χ3n) is 2.61. The minimum absolute atomic E-state index is 0.0435. The van der Waals surface area contributed by atoms with E-state index < -0.39 is 0 Å². The van der Waals surface area contributed by atoms with Gasteiger partial charge in [-0.05, 0) is 24.9 Å². The van der Waals surface area contributed by atoms with E-state index in [1.54, 1.807) is 0 Å². The Balaban J connectivity index is 2.12. The SMILES string of the molecule is CCc1nnsc1C(=O)N1CCOC(C)C1. The molecule has 1 aromatic rings. The number of carbonyl (C=O) groups is 1. The second-order valence-electron chi connectivity index (χ2n) is 3.83. The first-order chi connectivity index (χ1) is 7.72. The molecule has 2 heterocycles. The van der Waals surface area contributed by atoms with E-state index in [1.807, 2.05) is 18.7 Å². The number of morpholine rings is 1. The third-order valence-corrected chi connectivity index (χ3v) is 3.37. The van der Waals surface area contributed by atoms with Gasteiger partial charge in [0.2, 0.25) is 0 Å². The first kappa shape index (κ1) is 11.5. The van der Waals surface area contributed by atoms with Gasteiger partial charge < -0.3 is 9.64 Å². The molecule has 1 saturated heterocycles. The largest absolute Gasteiger partial charge is 0.375 e. The van der Waals surface area contributed by atoms with Crippen LogP contribution in [-0.4, -0.2) is 46.2 Å². The highest BCUT2D eigenvalue weighted by molar-refractivity contribution is 7.08. The number of hydrogen-bond donors (Lipinski definition) is 0. The fourth-order valence-electron chi connectivity index (χ4n) is 1.75. The number of aryl methyl sites for hydroxylation is 1. The summed E-state index contributed by atoms with van der Waals surface area (Å²) in [6.07, 6.45) is 0.862. The average Bonchev–Trinajstić information content (AvgIpc) is 2.76. The fraction of sp³-hybridized carbons (Fsp3) is 0.700. The Labute approximate surface area is 98.6 Å². The van der Waals surface area contributed by atoms with Crippen LogP contribution in [0.15, 0.2) is 0 Å². The summed E-state index contributed by atoms with van der Waals surface area (Å²) >= 11 is 1.18. The molecule has 1 unspecified atom stereocenters. The molecule has 1 aliphatic rings. The summed E-state index contributed by atoms with van der Waals surface area (Å²) in [5.74, 6) is 0.0435. The van der Waals surface area contributed by atoms with Crippen molar-refractivity contribution in [2.45, 2.75) is 26.4 Å². The monoisotopic (exact) mass is 241 g/mol. The van der Waals surface area contributed by atoms with Gasteiger partial charge in [0.05, 0.1) is 18.4 Å². The summed E-state index contributed by atoms with van der Waals surface area (Å²) in [7, 11) is 0. The Morgan fingerprint density at radius 3 is 3.19 bits per heavy atom. The van der Waals surface area contributed by atoms with E-state index >= 15 is 0 Å². The van der Waals surface area contributed by atoms with Gasteiger partial charge in [-0.3, -0.25) is 4.79 Å². The van der Waals surface area contributed by atoms with Crippen molar-refractivity contribution in [1.29, 1.82) is 0 Å². The predicted molar refractivity (Wildman–Crippen MR) is 60.6 cm³/mol. The van der Waals surface area contributed by atoms with Crippen molar-refractivity contribution in [2.24, 2.45) is 0 Å². The van der Waals surface area contributed by atoms with Gasteiger partial charge in [-0.25, -0.2) is 0 Å². The molecule has 6 heteroatoms. The van der Waals surface area contributed by atoms with Crippen molar-refractivity contribution >= 4 is 17.4 Å². The van der Waals surface area contributed by atoms with E-state index in [9.17, 15) is 4.79 Å². The molecular formula is C10H15N3O2S. The maximum absolute atomic E-state index is 12.2. The fourth-order valence-corrected chi connectivity index (χ4v) is 2.47. The van der Waals surface area contributed by atoms with Crippen LogP contribution >= 0.6 is 11.5 Å². The predicted octanol–water partition coefficient (Wildman–Crippen LogP) is 0.961. The van der Waals surface area contributed by atoms with E-state index in [1.165, 1.54) is 11.5 Å². The van der Waals surface area contributed by atoms with Crippen LogP contribution in [0, 0.1) is 0 Å². The molecule has 0 spiro atoms. The Hall–Kier alpha value is -1.01. The number of rotatable bonds is 2. The van der Waals surface area contributed by atoms with Crippen LogP contribution in [0.4, 0.5) is 0 Å². The van der Waals surface area contributed by atoms with Gasteiger partial charge in [0.25, 0.3) is 5.91 Å². The smallest absolute Gasteiger partial charge is 0.267 e. The zero-order chi connectivity index (χ0) is 11.5. The van der Waals surface area contributed by atoms with Crippen LogP contribution in [0.3, 0.4) is 0 Å². The molecule has 1 amide bonds. The van der Waals surface area contributed by atoms with E-state index in [0.717, 1.165) is 12.1 Å². The molecular weight excluding hydrogens is 226 g/mol. The van der Waals surface area contributed by atoms with Gasteiger partial charge >= 0.3 is 0 Å². The van der Waals surface area contributed by atoms with E-state index in [0.29, 0.717) is 24.6 Å². The number of hydrogen-bond acceptors (Lipinski definition) is 5. The minimum Gasteiger partial charge on any atom is -0.375 e. The summed E-state index contributed by atoms with van der Waals surface area (Å²) in [6, 6.07) is 0. The molecule has 0 aromatic carbocycles. The van der Waals surface area contributed by atoms with E-state index in [4.69, 9.17) is 4.74 Å². The molecule has 0 N–H and O–H groups in total. The summed E-state index contributed by atoms with van der Waals surface area (Å²) in [4.78, 5) is 14.7. The topological polar surface area (TPSA) is 55.3 Å². The molecule has 88 valence electrons. The first-order valence-electron chi connectivity index (χ1n) is 5.44. The van der Waals surface area contributed by atoms with Crippen molar-refractivity contribution < 1.29 is 9.53 Å². The second-order valence-corrected chi connectivity index (χ2v) is 4.59. The Kier molecular flexibility index (Phi) is 3.50. The highest BCUT2D eigenvalue weighted by atomic mass is 32.1. The summed E-state index contributed by atoms with van der Waals surface area (Å²) < 4.78 is 9.25. The molecule has 0 radical (unpaired) electrons. The average molecular weight is 241 g/mol. The molecule has 2 rings (SSSR count). The van der Waals surface area contributed by atoms with Gasteiger partial charge in [0.15, 0.2) is 0 Å². The highest BCUT2D eigenvalue weighted by Gasteiger charge is 2.25. The van der Waals surface area contributed by atoms with E-state index in [2.05, 4.69) is 9.59 Å². The summed E-state index contributed by atoms with van der Waals surface area (Å²) in [5, 5.41) is 3.96. The van der Waals surface area contributed by atoms with Crippen LogP contribution in [0.5, 0.6) is 0 Å². The Morgan fingerprint density at radius 1 is 1.69 bits per heavy atom. The van der Waals surface area contributed by atoms with Crippen molar-refractivity contribution in [3.8, 4) is 0 Å². The van der Waals surface area contributed by atoms with Gasteiger partial charge in [0.1, 0.15) is 4.88 Å².